The van der Waals surface area contributed by atoms with E-state index < -0.39 is 23.8 Å². The Kier molecular flexibility index (Phi) is 5.03. The van der Waals surface area contributed by atoms with Crippen LogP contribution >= 0.6 is 0 Å². The number of allylic oxidation sites excluding steroid dienone is 1. The number of aliphatic imine (C=N–C) groups is 1. The van der Waals surface area contributed by atoms with Crippen molar-refractivity contribution >= 4 is 17.7 Å². The maximum Gasteiger partial charge on any atom is 0.336 e. The van der Waals surface area contributed by atoms with E-state index in [0.717, 1.165) is 0 Å². The van der Waals surface area contributed by atoms with Gasteiger partial charge in [-0.2, -0.15) is 0 Å². The van der Waals surface area contributed by atoms with Gasteiger partial charge in [-0.05, 0) is 39.8 Å². The molecule has 23 heavy (non-hydrogen) atoms. The fraction of sp³-hybridized carbons (Fsp3) is 0.471. The van der Waals surface area contributed by atoms with E-state index in [1.165, 1.54) is 7.11 Å². The Morgan fingerprint density at radius 1 is 1.26 bits per heavy atom. The van der Waals surface area contributed by atoms with Gasteiger partial charge >= 0.3 is 11.9 Å². The molecule has 0 saturated heterocycles. The van der Waals surface area contributed by atoms with Crippen molar-refractivity contribution < 1.29 is 23.5 Å². The summed E-state index contributed by atoms with van der Waals surface area (Å²) in [5.74, 6) is -1.04. The highest BCUT2D eigenvalue weighted by Crippen LogP contribution is 2.40. The number of carbonyl (C=O) groups is 2. The largest absolute Gasteiger partial charge is 0.466 e. The molecule has 0 aromatic carbocycles. The molecule has 124 valence electrons. The predicted octanol–water partition coefficient (Wildman–Crippen LogP) is 2.77. The Morgan fingerprint density at radius 3 is 2.48 bits per heavy atom. The number of esters is 2. The quantitative estimate of drug-likeness (QED) is 0.797. The smallest absolute Gasteiger partial charge is 0.336 e. The maximum absolute atomic E-state index is 12.4. The lowest BCUT2D eigenvalue weighted by molar-refractivity contribution is -0.146. The van der Waals surface area contributed by atoms with Crippen LogP contribution in [0.2, 0.25) is 0 Å². The third-order valence-corrected chi connectivity index (χ3v) is 3.84. The molecule has 6 heteroatoms. The second-order valence-electron chi connectivity index (χ2n) is 5.40. The zero-order valence-corrected chi connectivity index (χ0v) is 14.0. The van der Waals surface area contributed by atoms with Crippen LogP contribution in [0.1, 0.15) is 38.2 Å². The van der Waals surface area contributed by atoms with Gasteiger partial charge in [-0.3, -0.25) is 9.79 Å². The van der Waals surface area contributed by atoms with Gasteiger partial charge in [-0.25, -0.2) is 4.79 Å². The highest BCUT2D eigenvalue weighted by atomic mass is 16.5. The average Bonchev–Trinajstić information content (AvgIpc) is 2.92. The summed E-state index contributed by atoms with van der Waals surface area (Å²) in [4.78, 5) is 29.1. The summed E-state index contributed by atoms with van der Waals surface area (Å²) in [5.41, 5.74) is 1.44. The molecule has 2 rings (SSSR count). The number of methoxy groups -OCH3 is 1. The van der Waals surface area contributed by atoms with Gasteiger partial charge in [-0.15, -0.1) is 0 Å². The normalized spacial score (nSPS) is 21.0. The number of nitrogens with zero attached hydrogens (tertiary/aromatic N) is 1. The monoisotopic (exact) mass is 319 g/mol. The van der Waals surface area contributed by atoms with Crippen molar-refractivity contribution in [2.45, 2.75) is 33.6 Å². The molecule has 0 fully saturated rings. The molecule has 0 spiro atoms. The summed E-state index contributed by atoms with van der Waals surface area (Å²) in [7, 11) is 1.30. The van der Waals surface area contributed by atoms with Crippen LogP contribution < -0.4 is 0 Å². The molecular weight excluding hydrogens is 298 g/mol. The molecule has 0 saturated carbocycles. The third-order valence-electron chi connectivity index (χ3n) is 3.84. The van der Waals surface area contributed by atoms with Gasteiger partial charge in [0, 0.05) is 11.4 Å². The Morgan fingerprint density at radius 2 is 1.96 bits per heavy atom. The fourth-order valence-corrected chi connectivity index (χ4v) is 2.88. The first kappa shape index (κ1) is 17.0. The van der Waals surface area contributed by atoms with Crippen LogP contribution in [0.3, 0.4) is 0 Å². The fourth-order valence-electron chi connectivity index (χ4n) is 2.88. The third kappa shape index (κ3) is 3.21. The van der Waals surface area contributed by atoms with Gasteiger partial charge < -0.3 is 13.9 Å². The summed E-state index contributed by atoms with van der Waals surface area (Å²) < 4.78 is 15.8. The Balaban J connectivity index is 2.60. The number of hydrogen-bond acceptors (Lipinski definition) is 6. The Bertz CT molecular complexity index is 683. The van der Waals surface area contributed by atoms with Crippen molar-refractivity contribution in [2.75, 3.05) is 13.7 Å². The van der Waals surface area contributed by atoms with Crippen molar-refractivity contribution in [3.63, 3.8) is 0 Å². The van der Waals surface area contributed by atoms with Crippen LogP contribution in [0.15, 0.2) is 32.8 Å². The number of carbonyl (C=O) groups excluding carboxylic acids is 2. The minimum atomic E-state index is -0.710. The lowest BCUT2D eigenvalue weighted by Gasteiger charge is -2.29. The van der Waals surface area contributed by atoms with Gasteiger partial charge in [-0.1, -0.05) is 0 Å². The molecule has 1 aliphatic heterocycles. The highest BCUT2D eigenvalue weighted by molar-refractivity contribution is 6.06. The molecule has 1 aliphatic rings. The summed E-state index contributed by atoms with van der Waals surface area (Å²) in [6, 6.07) is 3.56. The SMILES string of the molecule is CCOC(=O)C1C(C)=NC(C)=C(C(=O)OC)[C@H]1c1ccc(C)o1. The topological polar surface area (TPSA) is 78.1 Å². The van der Waals surface area contributed by atoms with E-state index in [1.54, 1.807) is 39.8 Å². The molecule has 0 radical (unpaired) electrons. The maximum atomic E-state index is 12.4. The minimum Gasteiger partial charge on any atom is -0.466 e. The van der Waals surface area contributed by atoms with Crippen molar-refractivity contribution in [1.82, 2.24) is 0 Å². The standard InChI is InChI=1S/C17H21NO5/c1-6-22-17(20)14-11(4)18-10(3)13(16(19)21-5)15(14)12-8-7-9(2)23-12/h7-8,14-15H,6H2,1-5H3/t14?,15-/m1/s1. The Hall–Kier alpha value is -2.37. The molecule has 1 unspecified atom stereocenters. The van der Waals surface area contributed by atoms with E-state index in [4.69, 9.17) is 13.9 Å². The molecule has 0 aliphatic carbocycles. The first-order chi connectivity index (χ1) is 10.9. The summed E-state index contributed by atoms with van der Waals surface area (Å²) in [6.45, 7) is 7.27. The van der Waals surface area contributed by atoms with E-state index in [9.17, 15) is 9.59 Å². The number of hydrogen-bond donors (Lipinski definition) is 0. The summed E-state index contributed by atoms with van der Waals surface area (Å²) >= 11 is 0. The summed E-state index contributed by atoms with van der Waals surface area (Å²) in [6.07, 6.45) is 0. The van der Waals surface area contributed by atoms with E-state index in [1.807, 2.05) is 0 Å². The zero-order chi connectivity index (χ0) is 17.1. The van der Waals surface area contributed by atoms with Gasteiger partial charge in [0.1, 0.15) is 17.4 Å². The molecular formula is C17H21NO5. The highest BCUT2D eigenvalue weighted by Gasteiger charge is 2.43. The summed E-state index contributed by atoms with van der Waals surface area (Å²) in [5, 5.41) is 0. The second-order valence-corrected chi connectivity index (χ2v) is 5.40. The first-order valence-electron chi connectivity index (χ1n) is 7.47. The number of rotatable bonds is 4. The van der Waals surface area contributed by atoms with E-state index in [2.05, 4.69) is 4.99 Å². The second kappa shape index (κ2) is 6.81. The molecule has 6 nitrogen and oxygen atoms in total. The number of aryl methyl sites for hydroxylation is 1. The van der Waals surface area contributed by atoms with Crippen molar-refractivity contribution in [3.8, 4) is 0 Å². The van der Waals surface area contributed by atoms with Crippen LogP contribution in [-0.2, 0) is 19.1 Å². The molecule has 2 atom stereocenters. The van der Waals surface area contributed by atoms with Crippen LogP contribution in [-0.4, -0.2) is 31.4 Å². The van der Waals surface area contributed by atoms with E-state index >= 15 is 0 Å². The van der Waals surface area contributed by atoms with Crippen LogP contribution in [0.5, 0.6) is 0 Å². The van der Waals surface area contributed by atoms with Crippen molar-refractivity contribution in [2.24, 2.45) is 10.9 Å². The van der Waals surface area contributed by atoms with Crippen molar-refractivity contribution in [1.29, 1.82) is 0 Å². The molecule has 1 aromatic rings. The van der Waals surface area contributed by atoms with Crippen molar-refractivity contribution in [3.05, 3.63) is 34.9 Å². The van der Waals surface area contributed by atoms with E-state index in [0.29, 0.717) is 28.5 Å². The van der Waals surface area contributed by atoms with Gasteiger partial charge in [0.15, 0.2) is 0 Å². The first-order valence-corrected chi connectivity index (χ1v) is 7.47. The predicted molar refractivity (Wildman–Crippen MR) is 84.1 cm³/mol. The van der Waals surface area contributed by atoms with Crippen LogP contribution in [0.25, 0.3) is 0 Å². The average molecular weight is 319 g/mol. The molecule has 0 amide bonds. The Labute approximate surface area is 135 Å². The lowest BCUT2D eigenvalue weighted by atomic mass is 9.78. The minimum absolute atomic E-state index is 0.253. The van der Waals surface area contributed by atoms with Gasteiger partial charge in [0.2, 0.25) is 0 Å². The molecule has 1 aromatic heterocycles. The number of furan rings is 1. The lowest BCUT2D eigenvalue weighted by Crippen LogP contribution is -2.36. The van der Waals surface area contributed by atoms with Gasteiger partial charge in [0.25, 0.3) is 0 Å². The number of ether oxygens (including phenoxy) is 2. The molecule has 0 bridgehead atoms. The van der Waals surface area contributed by atoms with E-state index in [-0.39, 0.29) is 6.61 Å². The van der Waals surface area contributed by atoms with Crippen LogP contribution in [0, 0.1) is 12.8 Å². The van der Waals surface area contributed by atoms with Crippen LogP contribution in [0.4, 0.5) is 0 Å². The molecule has 0 N–H and O–H groups in total. The zero-order valence-electron chi connectivity index (χ0n) is 14.0. The van der Waals surface area contributed by atoms with Gasteiger partial charge in [0.05, 0.1) is 25.2 Å². The molecule has 2 heterocycles.